The van der Waals surface area contributed by atoms with E-state index in [2.05, 4.69) is 41.5 Å². The second-order valence-corrected chi connectivity index (χ2v) is 4.71. The molecular formula is C16H18N2O. The van der Waals surface area contributed by atoms with Crippen LogP contribution >= 0.6 is 0 Å². The minimum Gasteiger partial charge on any atom is -0.493 e. The lowest BCUT2D eigenvalue weighted by molar-refractivity contribution is 0.357. The van der Waals surface area contributed by atoms with Gasteiger partial charge < -0.3 is 10.1 Å². The van der Waals surface area contributed by atoms with Crippen molar-refractivity contribution in [1.82, 2.24) is 10.3 Å². The van der Waals surface area contributed by atoms with Crippen LogP contribution in [0.15, 0.2) is 42.6 Å². The summed E-state index contributed by atoms with van der Waals surface area (Å²) in [5.41, 5.74) is 3.62. The fourth-order valence-electron chi connectivity index (χ4n) is 2.53. The number of fused-ring (bicyclic) bond motifs is 1. The Hall–Kier alpha value is -1.87. The van der Waals surface area contributed by atoms with Crippen molar-refractivity contribution in [3.05, 3.63) is 59.4 Å². The predicted molar refractivity (Wildman–Crippen MR) is 75.4 cm³/mol. The number of aromatic nitrogens is 1. The third kappa shape index (κ3) is 2.47. The lowest BCUT2D eigenvalue weighted by atomic mass is 9.99. The SMILES string of the molecule is CCNC(c1ccc2c(c1)CCO2)c1ccccn1. The normalized spacial score (nSPS) is 14.8. The Morgan fingerprint density at radius 2 is 2.26 bits per heavy atom. The highest BCUT2D eigenvalue weighted by molar-refractivity contribution is 5.42. The van der Waals surface area contributed by atoms with Gasteiger partial charge in [0.25, 0.3) is 0 Å². The fraction of sp³-hybridized carbons (Fsp3) is 0.312. The van der Waals surface area contributed by atoms with Crippen LogP contribution in [0.4, 0.5) is 0 Å². The molecule has 2 heterocycles. The first-order valence-electron chi connectivity index (χ1n) is 6.78. The van der Waals surface area contributed by atoms with Gasteiger partial charge in [0, 0.05) is 12.6 Å². The molecule has 0 saturated carbocycles. The van der Waals surface area contributed by atoms with Crippen LogP contribution in [0.25, 0.3) is 0 Å². The minimum absolute atomic E-state index is 0.150. The van der Waals surface area contributed by atoms with Crippen molar-refractivity contribution in [3.63, 3.8) is 0 Å². The molecule has 1 aliphatic rings. The van der Waals surface area contributed by atoms with Crippen molar-refractivity contribution in [2.45, 2.75) is 19.4 Å². The standard InChI is InChI=1S/C16H18N2O/c1-2-17-16(14-5-3-4-9-18-14)13-6-7-15-12(11-13)8-10-19-15/h3-7,9,11,16-17H,2,8,10H2,1H3. The number of pyridine rings is 1. The van der Waals surface area contributed by atoms with Crippen molar-refractivity contribution in [1.29, 1.82) is 0 Å². The maximum Gasteiger partial charge on any atom is 0.122 e. The van der Waals surface area contributed by atoms with Crippen molar-refractivity contribution in [3.8, 4) is 5.75 Å². The summed E-state index contributed by atoms with van der Waals surface area (Å²) in [4.78, 5) is 4.47. The van der Waals surface area contributed by atoms with E-state index in [9.17, 15) is 0 Å². The topological polar surface area (TPSA) is 34.1 Å². The molecule has 3 heteroatoms. The molecule has 1 aromatic carbocycles. The number of ether oxygens (including phenoxy) is 1. The van der Waals surface area contributed by atoms with E-state index in [1.165, 1.54) is 11.1 Å². The van der Waals surface area contributed by atoms with E-state index < -0.39 is 0 Å². The van der Waals surface area contributed by atoms with Crippen LogP contribution in [0.1, 0.15) is 29.8 Å². The molecule has 0 aliphatic carbocycles. The summed E-state index contributed by atoms with van der Waals surface area (Å²) < 4.78 is 5.56. The van der Waals surface area contributed by atoms with Crippen molar-refractivity contribution >= 4 is 0 Å². The predicted octanol–water partition coefficient (Wildman–Crippen LogP) is 2.72. The summed E-state index contributed by atoms with van der Waals surface area (Å²) >= 11 is 0. The zero-order valence-corrected chi connectivity index (χ0v) is 11.1. The van der Waals surface area contributed by atoms with E-state index in [0.717, 1.165) is 31.0 Å². The lowest BCUT2D eigenvalue weighted by Crippen LogP contribution is -2.22. The Labute approximate surface area is 113 Å². The van der Waals surface area contributed by atoms with E-state index in [1.807, 2.05) is 18.3 Å². The number of hydrogen-bond donors (Lipinski definition) is 1. The summed E-state index contributed by atoms with van der Waals surface area (Å²) in [5, 5.41) is 3.50. The van der Waals surface area contributed by atoms with Gasteiger partial charge in [0.05, 0.1) is 18.3 Å². The van der Waals surface area contributed by atoms with Crippen LogP contribution in [0.3, 0.4) is 0 Å². The summed E-state index contributed by atoms with van der Waals surface area (Å²) in [5.74, 6) is 1.03. The number of nitrogens with one attached hydrogen (secondary N) is 1. The summed E-state index contributed by atoms with van der Waals surface area (Å²) in [7, 11) is 0. The molecular weight excluding hydrogens is 236 g/mol. The molecule has 1 unspecified atom stereocenters. The van der Waals surface area contributed by atoms with E-state index in [4.69, 9.17) is 4.74 Å². The molecule has 98 valence electrons. The Kier molecular flexibility index (Phi) is 3.47. The second kappa shape index (κ2) is 5.41. The molecule has 1 aliphatic heterocycles. The quantitative estimate of drug-likeness (QED) is 0.911. The van der Waals surface area contributed by atoms with Crippen LogP contribution < -0.4 is 10.1 Å². The van der Waals surface area contributed by atoms with Gasteiger partial charge in [0.1, 0.15) is 5.75 Å². The number of hydrogen-bond acceptors (Lipinski definition) is 3. The van der Waals surface area contributed by atoms with Gasteiger partial charge in [-0.25, -0.2) is 0 Å². The van der Waals surface area contributed by atoms with Crippen LogP contribution in [-0.2, 0) is 6.42 Å². The largest absolute Gasteiger partial charge is 0.493 e. The van der Waals surface area contributed by atoms with Gasteiger partial charge in [0.2, 0.25) is 0 Å². The molecule has 0 amide bonds. The van der Waals surface area contributed by atoms with Crippen LogP contribution in [0.2, 0.25) is 0 Å². The smallest absolute Gasteiger partial charge is 0.122 e. The molecule has 1 N–H and O–H groups in total. The molecule has 0 radical (unpaired) electrons. The van der Waals surface area contributed by atoms with Gasteiger partial charge in [0.15, 0.2) is 0 Å². The highest BCUT2D eigenvalue weighted by Crippen LogP contribution is 2.29. The van der Waals surface area contributed by atoms with E-state index >= 15 is 0 Å². The Morgan fingerprint density at radius 3 is 3.05 bits per heavy atom. The molecule has 0 bridgehead atoms. The van der Waals surface area contributed by atoms with Gasteiger partial charge in [-0.15, -0.1) is 0 Å². The Bertz CT molecular complexity index is 554. The first-order valence-corrected chi connectivity index (χ1v) is 6.78. The third-order valence-corrected chi connectivity index (χ3v) is 3.44. The summed E-state index contributed by atoms with van der Waals surface area (Å²) in [6.07, 6.45) is 2.85. The zero-order chi connectivity index (χ0) is 13.1. The van der Waals surface area contributed by atoms with Crippen LogP contribution in [0, 0.1) is 0 Å². The van der Waals surface area contributed by atoms with Crippen molar-refractivity contribution in [2.24, 2.45) is 0 Å². The molecule has 1 atom stereocenters. The Morgan fingerprint density at radius 1 is 1.32 bits per heavy atom. The number of nitrogens with zero attached hydrogens (tertiary/aromatic N) is 1. The number of rotatable bonds is 4. The minimum atomic E-state index is 0.150. The molecule has 3 rings (SSSR count). The van der Waals surface area contributed by atoms with Gasteiger partial charge in [-0.05, 0) is 35.9 Å². The number of benzene rings is 1. The van der Waals surface area contributed by atoms with E-state index in [-0.39, 0.29) is 6.04 Å². The van der Waals surface area contributed by atoms with Gasteiger partial charge in [-0.2, -0.15) is 0 Å². The maximum atomic E-state index is 5.56. The highest BCUT2D eigenvalue weighted by atomic mass is 16.5. The van der Waals surface area contributed by atoms with E-state index in [1.54, 1.807) is 0 Å². The second-order valence-electron chi connectivity index (χ2n) is 4.71. The van der Waals surface area contributed by atoms with Crippen molar-refractivity contribution in [2.75, 3.05) is 13.2 Å². The average Bonchev–Trinajstić information content (AvgIpc) is 2.93. The first kappa shape index (κ1) is 12.2. The molecule has 19 heavy (non-hydrogen) atoms. The summed E-state index contributed by atoms with van der Waals surface area (Å²) in [6, 6.07) is 12.6. The van der Waals surface area contributed by atoms with Gasteiger partial charge in [-0.1, -0.05) is 25.1 Å². The molecule has 3 nitrogen and oxygen atoms in total. The van der Waals surface area contributed by atoms with Crippen molar-refractivity contribution < 1.29 is 4.74 Å². The molecule has 2 aromatic rings. The summed E-state index contributed by atoms with van der Waals surface area (Å²) in [6.45, 7) is 3.83. The van der Waals surface area contributed by atoms with Gasteiger partial charge in [-0.3, -0.25) is 4.98 Å². The molecule has 0 fully saturated rings. The Balaban J connectivity index is 1.96. The fourth-order valence-corrected chi connectivity index (χ4v) is 2.53. The third-order valence-electron chi connectivity index (χ3n) is 3.44. The monoisotopic (exact) mass is 254 g/mol. The average molecular weight is 254 g/mol. The maximum absolute atomic E-state index is 5.56. The lowest BCUT2D eigenvalue weighted by Gasteiger charge is -2.18. The van der Waals surface area contributed by atoms with Crippen LogP contribution in [-0.4, -0.2) is 18.1 Å². The first-order chi connectivity index (χ1) is 9.38. The molecule has 1 aromatic heterocycles. The molecule has 0 spiro atoms. The van der Waals surface area contributed by atoms with Crippen LogP contribution in [0.5, 0.6) is 5.75 Å². The molecule has 0 saturated heterocycles. The van der Waals surface area contributed by atoms with Gasteiger partial charge >= 0.3 is 0 Å². The highest BCUT2D eigenvalue weighted by Gasteiger charge is 2.18. The van der Waals surface area contributed by atoms with E-state index in [0.29, 0.717) is 0 Å². The zero-order valence-electron chi connectivity index (χ0n) is 11.1.